The highest BCUT2D eigenvalue weighted by molar-refractivity contribution is 6.31. The lowest BCUT2D eigenvalue weighted by Crippen LogP contribution is -2.31. The maximum Gasteiger partial charge on any atom is 0.328 e. The van der Waals surface area contributed by atoms with Crippen molar-refractivity contribution in [2.45, 2.75) is 19.6 Å². The molecule has 1 atom stereocenters. The summed E-state index contributed by atoms with van der Waals surface area (Å²) < 4.78 is 19.1. The summed E-state index contributed by atoms with van der Waals surface area (Å²) in [5.41, 5.74) is 0.291. The number of nitrogens with one attached hydrogen (secondary N) is 1. The molecule has 0 bridgehead atoms. The van der Waals surface area contributed by atoms with Gasteiger partial charge in [0, 0.05) is 5.69 Å². The Bertz CT molecular complexity index is 679. The third-order valence-corrected chi connectivity index (χ3v) is 2.84. The number of hydrogen-bond acceptors (Lipinski definition) is 6. The molecule has 0 aliphatic rings. The van der Waals surface area contributed by atoms with Crippen molar-refractivity contribution in [2.24, 2.45) is 0 Å². The molecule has 0 saturated carbocycles. The molecule has 0 radical (unpaired) electrons. The fourth-order valence-corrected chi connectivity index (χ4v) is 1.67. The Morgan fingerprint density at radius 3 is 2.91 bits per heavy atom. The summed E-state index contributed by atoms with van der Waals surface area (Å²) >= 11 is 5.61. The van der Waals surface area contributed by atoms with Crippen molar-refractivity contribution in [1.82, 2.24) is 20.2 Å². The van der Waals surface area contributed by atoms with E-state index in [0.717, 1.165) is 10.7 Å². The van der Waals surface area contributed by atoms with Gasteiger partial charge in [0.2, 0.25) is 0 Å². The number of nitrogens with zero attached hydrogens (tertiary/aromatic N) is 4. The number of tetrazole rings is 1. The molecule has 1 aromatic carbocycles. The number of amides is 1. The van der Waals surface area contributed by atoms with Gasteiger partial charge in [0.15, 0.2) is 6.10 Å². The van der Waals surface area contributed by atoms with Gasteiger partial charge in [-0.1, -0.05) is 11.6 Å². The van der Waals surface area contributed by atoms with E-state index in [-0.39, 0.29) is 11.6 Å². The second-order valence-electron chi connectivity index (χ2n) is 4.26. The molecule has 0 saturated heterocycles. The van der Waals surface area contributed by atoms with Gasteiger partial charge in [0.1, 0.15) is 18.7 Å². The average molecular weight is 328 g/mol. The Morgan fingerprint density at radius 1 is 1.50 bits per heavy atom. The lowest BCUT2D eigenvalue weighted by atomic mass is 10.3. The first-order chi connectivity index (χ1) is 10.5. The third-order valence-electron chi connectivity index (χ3n) is 2.55. The van der Waals surface area contributed by atoms with Gasteiger partial charge in [-0.3, -0.25) is 9.59 Å². The number of ether oxygens (including phenoxy) is 1. The summed E-state index contributed by atoms with van der Waals surface area (Å²) in [7, 11) is 0. The Hall–Kier alpha value is -2.55. The molecule has 22 heavy (non-hydrogen) atoms. The zero-order valence-electron chi connectivity index (χ0n) is 11.4. The average Bonchev–Trinajstić information content (AvgIpc) is 2.95. The van der Waals surface area contributed by atoms with Crippen LogP contribution < -0.4 is 5.32 Å². The predicted molar refractivity (Wildman–Crippen MR) is 73.4 cm³/mol. The summed E-state index contributed by atoms with van der Waals surface area (Å²) in [6.07, 6.45) is 0.194. The number of hydrogen-bond donors (Lipinski definition) is 1. The topological polar surface area (TPSA) is 99.0 Å². The first-order valence-electron chi connectivity index (χ1n) is 6.12. The van der Waals surface area contributed by atoms with Crippen molar-refractivity contribution in [3.63, 3.8) is 0 Å². The first kappa shape index (κ1) is 15.8. The molecule has 0 spiro atoms. The van der Waals surface area contributed by atoms with Crippen molar-refractivity contribution >= 4 is 29.2 Å². The minimum absolute atomic E-state index is 0.124. The van der Waals surface area contributed by atoms with Gasteiger partial charge in [0.05, 0.1) is 5.02 Å². The fourth-order valence-electron chi connectivity index (χ4n) is 1.49. The number of rotatable bonds is 5. The van der Waals surface area contributed by atoms with E-state index in [9.17, 15) is 14.0 Å². The van der Waals surface area contributed by atoms with Crippen molar-refractivity contribution < 1.29 is 18.7 Å². The van der Waals surface area contributed by atoms with Crippen LogP contribution in [0.1, 0.15) is 6.92 Å². The molecule has 1 N–H and O–H groups in total. The number of esters is 1. The standard InChI is InChI=1S/C12H11ClFN5O3/c1-7(22-11(20)5-19-6-15-17-18-19)12(21)16-8-2-3-10(14)9(13)4-8/h2-4,6-7H,5H2,1H3,(H,16,21)/t7-/m1/s1. The van der Waals surface area contributed by atoms with E-state index in [2.05, 4.69) is 20.8 Å². The van der Waals surface area contributed by atoms with E-state index >= 15 is 0 Å². The van der Waals surface area contributed by atoms with E-state index in [4.69, 9.17) is 16.3 Å². The number of carbonyl (C=O) groups is 2. The normalized spacial score (nSPS) is 11.8. The highest BCUT2D eigenvalue weighted by Crippen LogP contribution is 2.19. The molecule has 10 heteroatoms. The monoisotopic (exact) mass is 327 g/mol. The molecule has 0 aliphatic carbocycles. The van der Waals surface area contributed by atoms with Gasteiger partial charge in [-0.2, -0.15) is 0 Å². The van der Waals surface area contributed by atoms with Crippen molar-refractivity contribution in [1.29, 1.82) is 0 Å². The molecule has 2 rings (SSSR count). The van der Waals surface area contributed by atoms with Crippen molar-refractivity contribution in [2.75, 3.05) is 5.32 Å². The van der Waals surface area contributed by atoms with Crippen LogP contribution in [0.5, 0.6) is 0 Å². The lowest BCUT2D eigenvalue weighted by molar-refractivity contribution is -0.153. The minimum atomic E-state index is -1.05. The molecule has 2 aromatic rings. The lowest BCUT2D eigenvalue weighted by Gasteiger charge is -2.13. The Morgan fingerprint density at radius 2 is 2.27 bits per heavy atom. The number of halogens is 2. The summed E-state index contributed by atoms with van der Waals surface area (Å²) in [5, 5.41) is 12.6. The third kappa shape index (κ3) is 4.22. The molecule has 116 valence electrons. The molecule has 8 nitrogen and oxygen atoms in total. The van der Waals surface area contributed by atoms with Crippen LogP contribution in [-0.2, 0) is 20.9 Å². The maximum absolute atomic E-state index is 13.0. The van der Waals surface area contributed by atoms with Gasteiger partial charge in [-0.15, -0.1) is 5.10 Å². The largest absolute Gasteiger partial charge is 0.451 e. The Labute approximate surface area is 129 Å². The Kier molecular flexibility index (Phi) is 4.99. The van der Waals surface area contributed by atoms with Crippen molar-refractivity contribution in [3.8, 4) is 0 Å². The van der Waals surface area contributed by atoms with E-state index in [1.54, 1.807) is 0 Å². The van der Waals surface area contributed by atoms with Crippen LogP contribution in [0.3, 0.4) is 0 Å². The van der Waals surface area contributed by atoms with E-state index in [1.165, 1.54) is 25.4 Å². The zero-order valence-corrected chi connectivity index (χ0v) is 12.1. The number of aromatic nitrogens is 4. The minimum Gasteiger partial charge on any atom is -0.451 e. The quantitative estimate of drug-likeness (QED) is 0.824. The highest BCUT2D eigenvalue weighted by atomic mass is 35.5. The summed E-state index contributed by atoms with van der Waals surface area (Å²) in [4.78, 5) is 23.5. The van der Waals surface area contributed by atoms with Gasteiger partial charge >= 0.3 is 5.97 Å². The smallest absolute Gasteiger partial charge is 0.328 e. The second-order valence-corrected chi connectivity index (χ2v) is 4.66. The summed E-state index contributed by atoms with van der Waals surface area (Å²) in [6, 6.07) is 3.71. The van der Waals surface area contributed by atoms with Crippen LogP contribution in [-0.4, -0.2) is 38.2 Å². The number of carbonyl (C=O) groups excluding carboxylic acids is 2. The Balaban J connectivity index is 1.88. The molecule has 0 fully saturated rings. The SMILES string of the molecule is C[C@@H](OC(=O)Cn1cnnn1)C(=O)Nc1ccc(F)c(Cl)c1. The van der Waals surface area contributed by atoms with Crippen LogP contribution in [0, 0.1) is 5.82 Å². The molecule has 1 amide bonds. The van der Waals surface area contributed by atoms with Crippen LogP contribution in [0.4, 0.5) is 10.1 Å². The molecule has 1 heterocycles. The summed E-state index contributed by atoms with van der Waals surface area (Å²) in [5.74, 6) is -1.85. The number of anilines is 1. The zero-order chi connectivity index (χ0) is 16.1. The first-order valence-corrected chi connectivity index (χ1v) is 6.49. The fraction of sp³-hybridized carbons (Fsp3) is 0.250. The molecular formula is C12H11ClFN5O3. The molecule has 0 unspecified atom stereocenters. The van der Waals surface area contributed by atoms with E-state index in [0.29, 0.717) is 5.69 Å². The van der Waals surface area contributed by atoms with Gasteiger partial charge in [-0.05, 0) is 35.5 Å². The van der Waals surface area contributed by atoms with Crippen LogP contribution >= 0.6 is 11.6 Å². The van der Waals surface area contributed by atoms with Gasteiger partial charge in [0.25, 0.3) is 5.91 Å². The van der Waals surface area contributed by atoms with Gasteiger partial charge in [-0.25, -0.2) is 9.07 Å². The molecule has 0 aliphatic heterocycles. The van der Waals surface area contributed by atoms with Crippen LogP contribution in [0.2, 0.25) is 5.02 Å². The molecule has 1 aromatic heterocycles. The van der Waals surface area contributed by atoms with Crippen LogP contribution in [0.25, 0.3) is 0 Å². The molecular weight excluding hydrogens is 317 g/mol. The number of benzene rings is 1. The summed E-state index contributed by atoms with van der Waals surface area (Å²) in [6.45, 7) is 1.19. The van der Waals surface area contributed by atoms with E-state index in [1.807, 2.05) is 0 Å². The predicted octanol–water partition coefficient (Wildman–Crippen LogP) is 1.04. The van der Waals surface area contributed by atoms with Crippen molar-refractivity contribution in [3.05, 3.63) is 35.4 Å². The second kappa shape index (κ2) is 6.94. The van der Waals surface area contributed by atoms with Crippen LogP contribution in [0.15, 0.2) is 24.5 Å². The highest BCUT2D eigenvalue weighted by Gasteiger charge is 2.18. The maximum atomic E-state index is 13.0. The van der Waals surface area contributed by atoms with E-state index < -0.39 is 23.8 Å². The van der Waals surface area contributed by atoms with Gasteiger partial charge < -0.3 is 10.1 Å².